The summed E-state index contributed by atoms with van der Waals surface area (Å²) in [6.45, 7) is 1.98. The van der Waals surface area contributed by atoms with Crippen LogP contribution in [0.3, 0.4) is 0 Å². The Kier molecular flexibility index (Phi) is 3.48. The van der Waals surface area contributed by atoms with Crippen molar-refractivity contribution in [3.63, 3.8) is 0 Å². The number of rotatable bonds is 3. The molecular formula is C10H12BrNO. The molecule has 0 aliphatic heterocycles. The molecule has 0 fully saturated rings. The second-order valence-corrected chi connectivity index (χ2v) is 3.60. The average molecular weight is 242 g/mol. The van der Waals surface area contributed by atoms with Crippen molar-refractivity contribution < 1.29 is 4.79 Å². The predicted octanol–water partition coefficient (Wildman–Crippen LogP) is 2.08. The molecule has 1 rings (SSSR count). The number of aryl methyl sites for hydroxylation is 1. The van der Waals surface area contributed by atoms with E-state index in [0.717, 1.165) is 11.1 Å². The van der Waals surface area contributed by atoms with Crippen molar-refractivity contribution in [1.82, 2.24) is 0 Å². The number of hydrogen-bond donors (Lipinski definition) is 1. The molecule has 0 bridgehead atoms. The minimum atomic E-state index is 0.175. The molecule has 0 heterocycles. The Bertz CT molecular complexity index is 323. The molecule has 2 N–H and O–H groups in total. The summed E-state index contributed by atoms with van der Waals surface area (Å²) in [4.78, 5) is 11.2. The van der Waals surface area contributed by atoms with Gasteiger partial charge in [-0.05, 0) is 30.2 Å². The fourth-order valence-electron chi connectivity index (χ4n) is 1.14. The molecule has 0 saturated heterocycles. The Labute approximate surface area is 86.3 Å². The van der Waals surface area contributed by atoms with Crippen LogP contribution in [0.15, 0.2) is 18.2 Å². The van der Waals surface area contributed by atoms with Gasteiger partial charge in [-0.2, -0.15) is 0 Å². The lowest BCUT2D eigenvalue weighted by Gasteiger charge is -2.04. The molecule has 2 nitrogen and oxygen atoms in total. The maximum Gasteiger partial charge on any atom is 0.147 e. The van der Waals surface area contributed by atoms with Crippen molar-refractivity contribution in [1.29, 1.82) is 0 Å². The Hall–Kier alpha value is -0.830. The summed E-state index contributed by atoms with van der Waals surface area (Å²) in [5.41, 5.74) is 8.47. The van der Waals surface area contributed by atoms with E-state index in [1.54, 1.807) is 0 Å². The zero-order chi connectivity index (χ0) is 9.84. The van der Waals surface area contributed by atoms with Crippen molar-refractivity contribution >= 4 is 27.4 Å². The van der Waals surface area contributed by atoms with Crippen LogP contribution in [0, 0.1) is 6.92 Å². The van der Waals surface area contributed by atoms with Crippen LogP contribution in [-0.2, 0) is 11.2 Å². The van der Waals surface area contributed by atoms with Gasteiger partial charge in [0.05, 0.1) is 5.33 Å². The van der Waals surface area contributed by atoms with Crippen LogP contribution in [0.25, 0.3) is 0 Å². The number of ketones is 1. The van der Waals surface area contributed by atoms with Crippen LogP contribution in [0.5, 0.6) is 0 Å². The third kappa shape index (κ3) is 2.84. The normalized spacial score (nSPS) is 10.0. The first-order valence-corrected chi connectivity index (χ1v) is 5.18. The number of anilines is 1. The first-order chi connectivity index (χ1) is 6.13. The van der Waals surface area contributed by atoms with E-state index >= 15 is 0 Å². The molecule has 0 radical (unpaired) electrons. The molecule has 0 aliphatic rings. The lowest BCUT2D eigenvalue weighted by molar-refractivity contribution is -0.115. The standard InChI is InChI=1S/C10H12BrNO/c1-7-2-3-9(12)4-8(7)5-10(13)6-11/h2-4H,5-6,12H2,1H3. The molecule has 3 heteroatoms. The van der Waals surface area contributed by atoms with Crippen molar-refractivity contribution in [3.8, 4) is 0 Å². The second-order valence-electron chi connectivity index (χ2n) is 3.04. The van der Waals surface area contributed by atoms with Crippen LogP contribution in [-0.4, -0.2) is 11.1 Å². The quantitative estimate of drug-likeness (QED) is 0.651. The molecule has 0 atom stereocenters. The van der Waals surface area contributed by atoms with E-state index in [1.165, 1.54) is 0 Å². The number of halogens is 1. The molecule has 0 aromatic heterocycles. The van der Waals surface area contributed by atoms with Crippen LogP contribution in [0.4, 0.5) is 5.69 Å². The van der Waals surface area contributed by atoms with Gasteiger partial charge in [-0.15, -0.1) is 0 Å². The minimum absolute atomic E-state index is 0.175. The highest BCUT2D eigenvalue weighted by atomic mass is 79.9. The molecule has 0 saturated carbocycles. The zero-order valence-corrected chi connectivity index (χ0v) is 9.10. The third-order valence-electron chi connectivity index (χ3n) is 1.91. The van der Waals surface area contributed by atoms with E-state index in [1.807, 2.05) is 25.1 Å². The summed E-state index contributed by atoms with van der Waals surface area (Å²) in [6.07, 6.45) is 0.460. The van der Waals surface area contributed by atoms with Crippen LogP contribution >= 0.6 is 15.9 Å². The van der Waals surface area contributed by atoms with Gasteiger partial charge in [0.2, 0.25) is 0 Å². The van der Waals surface area contributed by atoms with E-state index in [-0.39, 0.29) is 5.78 Å². The number of hydrogen-bond acceptors (Lipinski definition) is 2. The van der Waals surface area contributed by atoms with Gasteiger partial charge in [0.1, 0.15) is 5.78 Å². The summed E-state index contributed by atoms with van der Waals surface area (Å²) in [7, 11) is 0. The van der Waals surface area contributed by atoms with Gasteiger partial charge in [0, 0.05) is 12.1 Å². The number of nitrogens with two attached hydrogens (primary N) is 1. The molecule has 0 spiro atoms. The van der Waals surface area contributed by atoms with E-state index < -0.39 is 0 Å². The summed E-state index contributed by atoms with van der Waals surface area (Å²) >= 11 is 3.13. The maximum atomic E-state index is 11.2. The number of carbonyl (C=O) groups excluding carboxylic acids is 1. The lowest BCUT2D eigenvalue weighted by Crippen LogP contribution is -2.05. The molecule has 0 unspecified atom stereocenters. The Balaban J connectivity index is 2.87. The van der Waals surface area contributed by atoms with E-state index in [0.29, 0.717) is 17.4 Å². The van der Waals surface area contributed by atoms with Crippen LogP contribution < -0.4 is 5.73 Å². The predicted molar refractivity (Wildman–Crippen MR) is 58.1 cm³/mol. The van der Waals surface area contributed by atoms with Crippen molar-refractivity contribution in [3.05, 3.63) is 29.3 Å². The molecular weight excluding hydrogens is 230 g/mol. The van der Waals surface area contributed by atoms with Gasteiger partial charge in [-0.25, -0.2) is 0 Å². The monoisotopic (exact) mass is 241 g/mol. The Morgan fingerprint density at radius 3 is 2.85 bits per heavy atom. The molecule has 70 valence electrons. The summed E-state index contributed by atoms with van der Waals surface area (Å²) in [5.74, 6) is 0.175. The van der Waals surface area contributed by atoms with Crippen LogP contribution in [0.1, 0.15) is 11.1 Å². The molecule has 0 amide bonds. The fraction of sp³-hybridized carbons (Fsp3) is 0.300. The number of alkyl halides is 1. The van der Waals surface area contributed by atoms with Gasteiger partial charge in [-0.3, -0.25) is 4.79 Å². The lowest BCUT2D eigenvalue weighted by atomic mass is 10.0. The highest BCUT2D eigenvalue weighted by Crippen LogP contribution is 2.13. The summed E-state index contributed by atoms with van der Waals surface area (Å²) in [6, 6.07) is 5.64. The Morgan fingerprint density at radius 1 is 1.54 bits per heavy atom. The highest BCUT2D eigenvalue weighted by Gasteiger charge is 2.04. The van der Waals surface area contributed by atoms with Gasteiger partial charge in [0.25, 0.3) is 0 Å². The van der Waals surface area contributed by atoms with E-state index in [9.17, 15) is 4.79 Å². The summed E-state index contributed by atoms with van der Waals surface area (Å²) < 4.78 is 0. The third-order valence-corrected chi connectivity index (χ3v) is 2.54. The van der Waals surface area contributed by atoms with Crippen LogP contribution in [0.2, 0.25) is 0 Å². The molecule has 13 heavy (non-hydrogen) atoms. The average Bonchev–Trinajstić information content (AvgIpc) is 2.11. The van der Waals surface area contributed by atoms with E-state index in [2.05, 4.69) is 15.9 Å². The molecule has 1 aromatic rings. The van der Waals surface area contributed by atoms with Crippen molar-refractivity contribution in [2.75, 3.05) is 11.1 Å². The van der Waals surface area contributed by atoms with Gasteiger partial charge < -0.3 is 5.73 Å². The first-order valence-electron chi connectivity index (χ1n) is 4.06. The SMILES string of the molecule is Cc1ccc(N)cc1CC(=O)CBr. The molecule has 1 aromatic carbocycles. The molecule has 0 aliphatic carbocycles. The van der Waals surface area contributed by atoms with E-state index in [4.69, 9.17) is 5.73 Å². The van der Waals surface area contributed by atoms with Gasteiger partial charge in [-0.1, -0.05) is 22.0 Å². The zero-order valence-electron chi connectivity index (χ0n) is 7.51. The van der Waals surface area contributed by atoms with Crippen molar-refractivity contribution in [2.45, 2.75) is 13.3 Å². The minimum Gasteiger partial charge on any atom is -0.399 e. The largest absolute Gasteiger partial charge is 0.399 e. The number of benzene rings is 1. The number of carbonyl (C=O) groups is 1. The topological polar surface area (TPSA) is 43.1 Å². The highest BCUT2D eigenvalue weighted by molar-refractivity contribution is 9.09. The Morgan fingerprint density at radius 2 is 2.23 bits per heavy atom. The second kappa shape index (κ2) is 4.42. The smallest absolute Gasteiger partial charge is 0.147 e. The van der Waals surface area contributed by atoms with Crippen molar-refractivity contribution in [2.24, 2.45) is 0 Å². The fourth-order valence-corrected chi connectivity index (χ4v) is 1.34. The number of nitrogen functional groups attached to an aromatic ring is 1. The first kappa shape index (κ1) is 10.3. The summed E-state index contributed by atoms with van der Waals surface area (Å²) in [5, 5.41) is 0.404. The van der Waals surface area contributed by atoms with Gasteiger partial charge in [0.15, 0.2) is 0 Å². The van der Waals surface area contributed by atoms with Gasteiger partial charge >= 0.3 is 0 Å². The maximum absolute atomic E-state index is 11.2. The number of Topliss-reactive ketones (excluding diaryl/α,β-unsaturated/α-hetero) is 1.